The van der Waals surface area contributed by atoms with Crippen LogP contribution < -0.4 is 0 Å². The highest BCUT2D eigenvalue weighted by molar-refractivity contribution is 7.92. The zero-order chi connectivity index (χ0) is 31.4. The first-order valence-electron chi connectivity index (χ1n) is 12.6. The molecule has 224 valence electrons. The number of sulfone groups is 1. The third-order valence-electron chi connectivity index (χ3n) is 6.51. The van der Waals surface area contributed by atoms with E-state index in [1.54, 1.807) is 48.5 Å². The van der Waals surface area contributed by atoms with Crippen LogP contribution in [0.4, 0.5) is 26.3 Å². The fourth-order valence-corrected chi connectivity index (χ4v) is 6.48. The molecule has 0 aliphatic carbocycles. The van der Waals surface area contributed by atoms with Crippen molar-refractivity contribution in [1.82, 2.24) is 0 Å². The van der Waals surface area contributed by atoms with Crippen LogP contribution in [0.25, 0.3) is 12.2 Å². The van der Waals surface area contributed by atoms with Crippen molar-refractivity contribution in [2.75, 3.05) is 0 Å². The van der Waals surface area contributed by atoms with E-state index >= 15 is 0 Å². The second-order valence-corrected chi connectivity index (χ2v) is 12.6. The zero-order valence-corrected chi connectivity index (χ0v) is 24.3. The molecule has 0 aromatic heterocycles. The van der Waals surface area contributed by atoms with Gasteiger partial charge in [-0.3, -0.25) is 0 Å². The quantitative estimate of drug-likeness (QED) is 0.177. The smallest absolute Gasteiger partial charge is 0.227 e. The molecule has 0 saturated carbocycles. The molecule has 2 unspecified atom stereocenters. The average Bonchev–Trinajstić information content (AvgIpc) is 2.94. The molecule has 0 radical (unpaired) electrons. The first kappa shape index (κ1) is 32.4. The van der Waals surface area contributed by atoms with E-state index in [4.69, 9.17) is 23.2 Å². The Balaban J connectivity index is 1.85. The Morgan fingerprint density at radius 3 is 1.09 bits per heavy atom. The molecule has 0 fully saturated rings. The number of benzene rings is 4. The minimum atomic E-state index is -4.64. The summed E-state index contributed by atoms with van der Waals surface area (Å²) in [4.78, 5) is 0. The topological polar surface area (TPSA) is 34.1 Å². The van der Waals surface area contributed by atoms with Gasteiger partial charge in [-0.05, 0) is 70.8 Å². The summed E-state index contributed by atoms with van der Waals surface area (Å²) in [5.41, 5.74) is -0.712. The van der Waals surface area contributed by atoms with Gasteiger partial charge in [-0.2, -0.15) is 26.3 Å². The summed E-state index contributed by atoms with van der Waals surface area (Å²) in [5.74, 6) is 0. The van der Waals surface area contributed by atoms with Gasteiger partial charge >= 0.3 is 12.4 Å². The molecule has 0 amide bonds. The molecule has 4 rings (SSSR count). The highest BCUT2D eigenvalue weighted by Crippen LogP contribution is 2.39. The minimum Gasteiger partial charge on any atom is -0.227 e. The summed E-state index contributed by atoms with van der Waals surface area (Å²) in [6.07, 6.45) is -3.65. The summed E-state index contributed by atoms with van der Waals surface area (Å²) in [6, 6.07) is 20.3. The third kappa shape index (κ3) is 8.31. The number of rotatable bonds is 8. The molecule has 4 aromatic carbocycles. The van der Waals surface area contributed by atoms with Crippen LogP contribution in [0.1, 0.15) is 43.9 Å². The maximum absolute atomic E-state index is 14.4. The van der Waals surface area contributed by atoms with E-state index in [0.29, 0.717) is 21.2 Å². The standard InChI is InChI=1S/C32H22Cl2F6O2S/c33-27-15-1-21(2-16-27)5-19-29(23-7-11-25(12-8-23)31(35,36)37)43(41,42)30(20-6-22-3-17-28(34)18-4-22)24-9-13-26(14-10-24)32(38,39)40/h1-20,29-30H/b19-5+,20-6+. The van der Waals surface area contributed by atoms with Gasteiger partial charge in [0.25, 0.3) is 0 Å². The summed E-state index contributed by atoms with van der Waals surface area (Å²) < 4.78 is 108. The second-order valence-electron chi connectivity index (χ2n) is 9.49. The van der Waals surface area contributed by atoms with Gasteiger partial charge in [0, 0.05) is 10.0 Å². The van der Waals surface area contributed by atoms with E-state index in [-0.39, 0.29) is 11.1 Å². The van der Waals surface area contributed by atoms with Gasteiger partial charge in [-0.15, -0.1) is 0 Å². The van der Waals surface area contributed by atoms with Gasteiger partial charge in [0.1, 0.15) is 10.5 Å². The lowest BCUT2D eigenvalue weighted by Crippen LogP contribution is -2.19. The lowest BCUT2D eigenvalue weighted by Gasteiger charge is -2.22. The van der Waals surface area contributed by atoms with Crippen molar-refractivity contribution in [2.24, 2.45) is 0 Å². The van der Waals surface area contributed by atoms with Crippen LogP contribution in [0.2, 0.25) is 10.0 Å². The minimum absolute atomic E-state index is 0.0371. The summed E-state index contributed by atoms with van der Waals surface area (Å²) in [7, 11) is -4.41. The molecule has 2 nitrogen and oxygen atoms in total. The van der Waals surface area contributed by atoms with E-state index in [1.165, 1.54) is 24.3 Å². The third-order valence-corrected chi connectivity index (χ3v) is 9.29. The van der Waals surface area contributed by atoms with Crippen molar-refractivity contribution in [3.63, 3.8) is 0 Å². The van der Waals surface area contributed by atoms with Gasteiger partial charge < -0.3 is 0 Å². The maximum atomic E-state index is 14.4. The molecule has 0 saturated heterocycles. The van der Waals surface area contributed by atoms with Crippen LogP contribution in [0, 0.1) is 0 Å². The van der Waals surface area contributed by atoms with Crippen LogP contribution in [0.3, 0.4) is 0 Å². The Labute approximate surface area is 254 Å². The molecule has 11 heteroatoms. The molecule has 0 spiro atoms. The van der Waals surface area contributed by atoms with Gasteiger partial charge in [0.2, 0.25) is 0 Å². The van der Waals surface area contributed by atoms with Crippen molar-refractivity contribution in [2.45, 2.75) is 22.9 Å². The Kier molecular flexibility index (Phi) is 9.79. The predicted molar refractivity (Wildman–Crippen MR) is 158 cm³/mol. The van der Waals surface area contributed by atoms with Gasteiger partial charge in [-0.1, -0.05) is 96.0 Å². The van der Waals surface area contributed by atoms with E-state index < -0.39 is 43.8 Å². The Bertz CT molecular complexity index is 1570. The largest absolute Gasteiger partial charge is 0.416 e. The van der Waals surface area contributed by atoms with Crippen LogP contribution in [-0.4, -0.2) is 8.42 Å². The monoisotopic (exact) mass is 654 g/mol. The molecule has 43 heavy (non-hydrogen) atoms. The fourth-order valence-electron chi connectivity index (χ4n) is 4.25. The van der Waals surface area contributed by atoms with Crippen LogP contribution in [0.5, 0.6) is 0 Å². The lowest BCUT2D eigenvalue weighted by molar-refractivity contribution is -0.138. The van der Waals surface area contributed by atoms with Gasteiger partial charge in [-0.25, -0.2) is 8.42 Å². The van der Waals surface area contributed by atoms with Crippen molar-refractivity contribution in [1.29, 1.82) is 0 Å². The van der Waals surface area contributed by atoms with E-state index in [9.17, 15) is 34.8 Å². The molecule has 0 heterocycles. The molecule has 2 atom stereocenters. The van der Waals surface area contributed by atoms with Crippen LogP contribution in [-0.2, 0) is 22.2 Å². The van der Waals surface area contributed by atoms with Gasteiger partial charge in [0.05, 0.1) is 11.1 Å². The van der Waals surface area contributed by atoms with Crippen molar-refractivity contribution in [3.8, 4) is 0 Å². The molecular formula is C32H22Cl2F6O2S. The number of hydrogen-bond acceptors (Lipinski definition) is 2. The van der Waals surface area contributed by atoms with Crippen molar-refractivity contribution in [3.05, 3.63) is 153 Å². The Morgan fingerprint density at radius 1 is 0.512 bits per heavy atom. The average molecular weight is 655 g/mol. The molecule has 4 aromatic rings. The first-order chi connectivity index (χ1) is 20.1. The fraction of sp³-hybridized carbons (Fsp3) is 0.125. The first-order valence-corrected chi connectivity index (χ1v) is 15.0. The van der Waals surface area contributed by atoms with E-state index in [0.717, 1.165) is 48.5 Å². The maximum Gasteiger partial charge on any atom is 0.416 e. The normalized spacial score (nSPS) is 14.3. The second kappa shape index (κ2) is 13.0. The van der Waals surface area contributed by atoms with Gasteiger partial charge in [0.15, 0.2) is 9.84 Å². The molecule has 0 bridgehead atoms. The van der Waals surface area contributed by atoms with Crippen molar-refractivity contribution < 1.29 is 34.8 Å². The van der Waals surface area contributed by atoms with E-state index in [1.807, 2.05) is 0 Å². The zero-order valence-electron chi connectivity index (χ0n) is 22.0. The van der Waals surface area contributed by atoms with Crippen LogP contribution >= 0.6 is 23.2 Å². The SMILES string of the molecule is O=S(=O)(C(/C=C/c1ccc(Cl)cc1)c1ccc(C(F)(F)F)cc1)C(/C=C/c1ccc(Cl)cc1)c1ccc(C(F)(F)F)cc1. The predicted octanol–water partition coefficient (Wildman–Crippen LogP) is 10.7. The highest BCUT2D eigenvalue weighted by atomic mass is 35.5. The summed E-state index contributed by atoms with van der Waals surface area (Å²) in [5, 5.41) is -2.07. The Hall–Kier alpha value is -3.53. The summed E-state index contributed by atoms with van der Waals surface area (Å²) in [6.45, 7) is 0. The molecule has 0 aliphatic heterocycles. The molecule has 0 aliphatic rings. The highest BCUT2D eigenvalue weighted by Gasteiger charge is 2.36. The number of halogens is 8. The summed E-state index contributed by atoms with van der Waals surface area (Å²) >= 11 is 11.9. The lowest BCUT2D eigenvalue weighted by atomic mass is 10.1. The van der Waals surface area contributed by atoms with E-state index in [2.05, 4.69) is 0 Å². The Morgan fingerprint density at radius 2 is 0.814 bits per heavy atom. The number of hydrogen-bond donors (Lipinski definition) is 0. The molecule has 0 N–H and O–H groups in total. The molecular weight excluding hydrogens is 633 g/mol. The van der Waals surface area contributed by atoms with Crippen LogP contribution in [0.15, 0.2) is 109 Å². The number of alkyl halides is 6. The van der Waals surface area contributed by atoms with Crippen molar-refractivity contribution >= 4 is 45.2 Å².